The number of anilines is 1. The highest BCUT2D eigenvalue weighted by molar-refractivity contribution is 6.05. The number of amides is 1. The van der Waals surface area contributed by atoms with Gasteiger partial charge in [-0.1, -0.05) is 18.2 Å². The molecule has 8 heteroatoms. The summed E-state index contributed by atoms with van der Waals surface area (Å²) in [6, 6.07) is 21.6. The minimum Gasteiger partial charge on any atom is -0.497 e. The van der Waals surface area contributed by atoms with Crippen LogP contribution in [0, 0.1) is 10.1 Å². The van der Waals surface area contributed by atoms with Crippen molar-refractivity contribution in [2.45, 2.75) is 0 Å². The molecular formula is C23H17N3O5. The number of carbonyl (C=O) groups is 1. The molecule has 4 aromatic rings. The predicted octanol–water partition coefficient (Wildman–Crippen LogP) is 4.83. The molecule has 4 rings (SSSR count). The van der Waals surface area contributed by atoms with E-state index in [9.17, 15) is 14.9 Å². The van der Waals surface area contributed by atoms with Crippen molar-refractivity contribution in [2.24, 2.45) is 4.99 Å². The molecule has 0 unspecified atom stereocenters. The Hall–Kier alpha value is -4.46. The number of carbonyl (C=O) groups excluding carboxylic acids is 1. The van der Waals surface area contributed by atoms with Crippen LogP contribution >= 0.6 is 0 Å². The largest absolute Gasteiger partial charge is 0.497 e. The van der Waals surface area contributed by atoms with Crippen molar-refractivity contribution < 1.29 is 18.9 Å². The number of nitrogens with one attached hydrogen (secondary N) is 1. The summed E-state index contributed by atoms with van der Waals surface area (Å²) in [5, 5.41) is 14.3. The van der Waals surface area contributed by atoms with Gasteiger partial charge >= 0.3 is 0 Å². The van der Waals surface area contributed by atoms with E-state index in [1.54, 1.807) is 43.5 Å². The first-order valence-corrected chi connectivity index (χ1v) is 9.31. The van der Waals surface area contributed by atoms with Crippen LogP contribution in [-0.4, -0.2) is 17.9 Å². The number of nitro groups is 1. The van der Waals surface area contributed by atoms with Crippen LogP contribution in [0.5, 0.6) is 5.75 Å². The summed E-state index contributed by atoms with van der Waals surface area (Å²) < 4.78 is 11.0. The van der Waals surface area contributed by atoms with Gasteiger partial charge in [0, 0.05) is 23.2 Å². The molecule has 0 saturated carbocycles. The van der Waals surface area contributed by atoms with Crippen LogP contribution in [0.4, 0.5) is 17.1 Å². The van der Waals surface area contributed by atoms with Crippen LogP contribution in [0.2, 0.25) is 0 Å². The van der Waals surface area contributed by atoms with Gasteiger partial charge in [0.25, 0.3) is 11.6 Å². The summed E-state index contributed by atoms with van der Waals surface area (Å²) in [7, 11) is 1.56. The highest BCUT2D eigenvalue weighted by Gasteiger charge is 2.15. The van der Waals surface area contributed by atoms with Crippen molar-refractivity contribution in [3.05, 3.63) is 100 Å². The number of hydrogen-bond donors (Lipinski definition) is 1. The Morgan fingerprint density at radius 1 is 1.03 bits per heavy atom. The van der Waals surface area contributed by atoms with Gasteiger partial charge < -0.3 is 14.5 Å². The third-order valence-corrected chi connectivity index (χ3v) is 4.52. The summed E-state index contributed by atoms with van der Waals surface area (Å²) in [5.41, 5.74) is 1.67. The van der Waals surface area contributed by atoms with Gasteiger partial charge in [-0.15, -0.1) is 0 Å². The molecule has 1 aromatic heterocycles. The number of para-hydroxylation sites is 1. The molecule has 0 saturated heterocycles. The predicted molar refractivity (Wildman–Crippen MR) is 115 cm³/mol. The zero-order valence-corrected chi connectivity index (χ0v) is 16.4. The number of hydrogen-bond acceptors (Lipinski definition) is 6. The first-order chi connectivity index (χ1) is 15.0. The van der Waals surface area contributed by atoms with Crippen LogP contribution in [-0.2, 0) is 0 Å². The zero-order valence-electron chi connectivity index (χ0n) is 16.4. The number of nitro benzene ring substituents is 1. The molecule has 0 bridgehead atoms. The maximum Gasteiger partial charge on any atom is 0.270 e. The molecule has 1 heterocycles. The maximum absolute atomic E-state index is 13.0. The van der Waals surface area contributed by atoms with Crippen LogP contribution in [0.15, 0.2) is 88.3 Å². The van der Waals surface area contributed by atoms with E-state index in [0.717, 1.165) is 0 Å². The van der Waals surface area contributed by atoms with E-state index in [4.69, 9.17) is 9.15 Å². The second kappa shape index (κ2) is 8.50. The number of non-ortho nitro benzene ring substituents is 1. The lowest BCUT2D eigenvalue weighted by Gasteiger charge is -2.08. The van der Waals surface area contributed by atoms with Gasteiger partial charge in [-0.05, 0) is 48.5 Å². The van der Waals surface area contributed by atoms with Crippen molar-refractivity contribution in [3.63, 3.8) is 0 Å². The van der Waals surface area contributed by atoms with Crippen molar-refractivity contribution >= 4 is 33.9 Å². The van der Waals surface area contributed by atoms with E-state index < -0.39 is 10.8 Å². The van der Waals surface area contributed by atoms with E-state index in [0.29, 0.717) is 28.1 Å². The molecule has 0 aliphatic rings. The third-order valence-electron chi connectivity index (χ3n) is 4.52. The number of rotatable bonds is 5. The smallest absolute Gasteiger partial charge is 0.270 e. The molecule has 3 aromatic carbocycles. The minimum atomic E-state index is -0.501. The Kier molecular flexibility index (Phi) is 5.44. The second-order valence-electron chi connectivity index (χ2n) is 6.57. The summed E-state index contributed by atoms with van der Waals surface area (Å²) in [4.78, 5) is 28.1. The average Bonchev–Trinajstić information content (AvgIpc) is 2.79. The fourth-order valence-corrected chi connectivity index (χ4v) is 2.97. The monoisotopic (exact) mass is 415 g/mol. The number of methoxy groups -OCH3 is 1. The number of fused-ring (bicyclic) bond motifs is 1. The fourth-order valence-electron chi connectivity index (χ4n) is 2.97. The van der Waals surface area contributed by atoms with E-state index in [1.807, 2.05) is 18.2 Å². The quantitative estimate of drug-likeness (QED) is 0.371. The van der Waals surface area contributed by atoms with Gasteiger partial charge in [0.05, 0.1) is 17.7 Å². The summed E-state index contributed by atoms with van der Waals surface area (Å²) >= 11 is 0. The van der Waals surface area contributed by atoms with E-state index >= 15 is 0 Å². The molecule has 31 heavy (non-hydrogen) atoms. The van der Waals surface area contributed by atoms with Crippen LogP contribution in [0.1, 0.15) is 10.4 Å². The average molecular weight is 415 g/mol. The molecule has 8 nitrogen and oxygen atoms in total. The Bertz CT molecular complexity index is 1330. The van der Waals surface area contributed by atoms with Crippen LogP contribution in [0.3, 0.4) is 0 Å². The van der Waals surface area contributed by atoms with Crippen LogP contribution in [0.25, 0.3) is 11.0 Å². The van der Waals surface area contributed by atoms with Gasteiger partial charge in [-0.3, -0.25) is 14.9 Å². The third kappa shape index (κ3) is 4.43. The molecule has 0 aliphatic carbocycles. The topological polar surface area (TPSA) is 107 Å². The summed E-state index contributed by atoms with van der Waals surface area (Å²) in [5.74, 6) is 0.197. The molecule has 0 aliphatic heterocycles. The molecule has 0 radical (unpaired) electrons. The van der Waals surface area contributed by atoms with Gasteiger partial charge in [-0.25, -0.2) is 4.99 Å². The first-order valence-electron chi connectivity index (χ1n) is 9.31. The molecule has 0 fully saturated rings. The van der Waals surface area contributed by atoms with Gasteiger partial charge in [0.2, 0.25) is 5.55 Å². The Morgan fingerprint density at radius 2 is 1.77 bits per heavy atom. The molecule has 0 atom stereocenters. The lowest BCUT2D eigenvalue weighted by molar-refractivity contribution is -0.384. The Balaban J connectivity index is 1.82. The number of ether oxygens (including phenoxy) is 1. The second-order valence-corrected chi connectivity index (χ2v) is 6.57. The first kappa shape index (κ1) is 19.8. The number of nitrogens with zero attached hydrogens (tertiary/aromatic N) is 2. The minimum absolute atomic E-state index is 0.0959. The van der Waals surface area contributed by atoms with Crippen molar-refractivity contribution in [1.82, 2.24) is 0 Å². The molecular weight excluding hydrogens is 398 g/mol. The van der Waals surface area contributed by atoms with Crippen molar-refractivity contribution in [1.29, 1.82) is 0 Å². The molecule has 1 N–H and O–H groups in total. The van der Waals surface area contributed by atoms with Crippen molar-refractivity contribution in [2.75, 3.05) is 12.4 Å². The Morgan fingerprint density at radius 3 is 2.45 bits per heavy atom. The highest BCUT2D eigenvalue weighted by Crippen LogP contribution is 2.22. The standard InChI is InChI=1S/C23H17N3O5/c1-30-19-10-7-17(8-11-19)24-22(27)20-14-15-13-18(26(28)29)9-12-21(15)31-23(20)25-16-5-3-2-4-6-16/h2-14H,1H3,(H,24,27). The summed E-state index contributed by atoms with van der Waals surface area (Å²) in [6.45, 7) is 0. The van der Waals surface area contributed by atoms with Crippen molar-refractivity contribution in [3.8, 4) is 5.75 Å². The van der Waals surface area contributed by atoms with Gasteiger partial charge in [-0.2, -0.15) is 0 Å². The van der Waals surface area contributed by atoms with Crippen LogP contribution < -0.4 is 15.6 Å². The van der Waals surface area contributed by atoms with E-state index in [-0.39, 0.29) is 16.8 Å². The normalized spacial score (nSPS) is 11.3. The maximum atomic E-state index is 13.0. The lowest BCUT2D eigenvalue weighted by atomic mass is 10.1. The summed E-state index contributed by atoms with van der Waals surface area (Å²) in [6.07, 6.45) is 0. The van der Waals surface area contributed by atoms with E-state index in [1.165, 1.54) is 24.3 Å². The van der Waals surface area contributed by atoms with Gasteiger partial charge in [0.1, 0.15) is 16.9 Å². The van der Waals surface area contributed by atoms with E-state index in [2.05, 4.69) is 10.3 Å². The SMILES string of the molecule is COc1ccc(NC(=O)c2cc3cc([N+](=O)[O-])ccc3oc2=Nc2ccccc2)cc1. The van der Waals surface area contributed by atoms with Gasteiger partial charge in [0.15, 0.2) is 0 Å². The Labute approximate surface area is 176 Å². The zero-order chi connectivity index (χ0) is 21.8. The highest BCUT2D eigenvalue weighted by atomic mass is 16.6. The fraction of sp³-hybridized carbons (Fsp3) is 0.0435. The number of benzene rings is 3. The lowest BCUT2D eigenvalue weighted by Crippen LogP contribution is -2.21. The molecule has 154 valence electrons. The molecule has 0 spiro atoms. The molecule has 1 amide bonds.